The third-order valence-corrected chi connectivity index (χ3v) is 27.6. The molecule has 0 heterocycles. The third kappa shape index (κ3) is 11.7. The molecule has 0 radical (unpaired) electrons. The molecule has 6 heteroatoms. The number of nitrogens with one attached hydrogen (secondary N) is 1. The van der Waals surface area contributed by atoms with Gasteiger partial charge in [0.05, 0.1) is 0 Å². The van der Waals surface area contributed by atoms with Crippen LogP contribution in [0.25, 0.3) is 0 Å². The van der Waals surface area contributed by atoms with E-state index in [-0.39, 0.29) is 24.8 Å². The minimum Gasteiger partial charge on any atom is -1.00 e. The standard InChI is InChI=1S/C10H21NO.C5H5.C2H7Si.2ClH.Hf/c1-2-3-4-5-6-7-8-9-10(11)12;1-2-4-5-3-1;1-3-2;;;/h2-9H2,1H3,(H2,11,12);1-3H,4H2;3H,1-2H3;2*1H;/q;;;;;+3/p-3. The first-order chi connectivity index (χ1) is 10.1. The van der Waals surface area contributed by atoms with Crippen LogP contribution >= 0.6 is 0 Å². The molecule has 0 aromatic heterocycles. The average molecular weight is 544 g/mol. The summed E-state index contributed by atoms with van der Waals surface area (Å²) in [6.07, 6.45) is 17.5. The van der Waals surface area contributed by atoms with Gasteiger partial charge in [-0.1, -0.05) is 0 Å². The Balaban J connectivity index is 0. The van der Waals surface area contributed by atoms with Gasteiger partial charge in [-0.3, -0.25) is 0 Å². The molecule has 0 unspecified atom stereocenters. The van der Waals surface area contributed by atoms with E-state index in [2.05, 4.69) is 41.6 Å². The molecule has 0 spiro atoms. The number of amides is 1. The first kappa shape index (κ1) is 25.9. The van der Waals surface area contributed by atoms with Gasteiger partial charge in [0.25, 0.3) is 0 Å². The summed E-state index contributed by atoms with van der Waals surface area (Å²) in [6.45, 7) is 7.07. The molecule has 0 saturated heterocycles. The van der Waals surface area contributed by atoms with Gasteiger partial charge in [0, 0.05) is 0 Å². The van der Waals surface area contributed by atoms with Crippen molar-refractivity contribution in [3.63, 3.8) is 0 Å². The topological polar surface area (TPSA) is 29.1 Å². The predicted octanol–water partition coefficient (Wildman–Crippen LogP) is -1.39. The molecule has 0 aliphatic heterocycles. The monoisotopic (exact) mass is 544 g/mol. The van der Waals surface area contributed by atoms with Gasteiger partial charge in [-0.2, -0.15) is 0 Å². The minimum absolute atomic E-state index is 0. The number of unbranched alkanes of at least 4 members (excludes halogenated alkanes) is 6. The molecule has 1 amide bonds. The average Bonchev–Trinajstić information content (AvgIpc) is 2.97. The van der Waals surface area contributed by atoms with Crippen LogP contribution in [0, 0.1) is 0 Å². The first-order valence-corrected chi connectivity index (χ1v) is 21.4. The van der Waals surface area contributed by atoms with Crippen molar-refractivity contribution >= 4 is 11.9 Å². The number of hydrogen-bond acceptors (Lipinski definition) is 1. The Hall–Kier alpha value is 0.617. The Bertz CT molecular complexity index is 376. The zero-order valence-electron chi connectivity index (χ0n) is 14.8. The molecule has 1 rings (SSSR count). The van der Waals surface area contributed by atoms with Crippen molar-refractivity contribution < 1.29 is 50.5 Å². The van der Waals surface area contributed by atoms with Crippen molar-refractivity contribution in [3.05, 3.63) is 21.6 Å². The van der Waals surface area contributed by atoms with Crippen LogP contribution in [0.2, 0.25) is 13.1 Å². The van der Waals surface area contributed by atoms with E-state index < -0.39 is 26.9 Å². The molecule has 1 N–H and O–H groups in total. The SMILES string of the molecule is CCCCCCCCCC(=O)[NH][Hf+2]([C]1=CC=CC1)[SiH](C)C.[Cl-].[Cl-]. The van der Waals surface area contributed by atoms with Crippen LogP contribution < -0.4 is 28.1 Å². The van der Waals surface area contributed by atoms with Gasteiger partial charge in [0.15, 0.2) is 0 Å². The number of halogens is 2. The van der Waals surface area contributed by atoms with Crippen LogP contribution in [-0.4, -0.2) is 11.9 Å². The molecule has 0 atom stereocenters. The van der Waals surface area contributed by atoms with Crippen LogP contribution in [0.3, 0.4) is 0 Å². The van der Waals surface area contributed by atoms with Crippen molar-refractivity contribution in [2.45, 2.75) is 77.8 Å². The molecule has 23 heavy (non-hydrogen) atoms. The fourth-order valence-corrected chi connectivity index (χ4v) is 22.2. The van der Waals surface area contributed by atoms with Gasteiger partial charge in [-0.25, -0.2) is 0 Å². The second kappa shape index (κ2) is 16.1. The molecule has 0 aromatic carbocycles. The smallest absolute Gasteiger partial charge is 1.00 e. The van der Waals surface area contributed by atoms with Crippen LogP contribution in [-0.2, 0) is 25.7 Å². The molecule has 2 nitrogen and oxygen atoms in total. The van der Waals surface area contributed by atoms with Crippen molar-refractivity contribution in [1.29, 1.82) is 0 Å². The van der Waals surface area contributed by atoms with Crippen molar-refractivity contribution in [1.82, 2.24) is 3.30 Å². The predicted molar refractivity (Wildman–Crippen MR) is 91.5 cm³/mol. The summed E-state index contributed by atoms with van der Waals surface area (Å²) in [6, 6.07) is 0. The summed E-state index contributed by atoms with van der Waals surface area (Å²) in [5.74, 6) is -0.335. The maximum absolute atomic E-state index is 12.2. The normalized spacial score (nSPS) is 12.4. The van der Waals surface area contributed by atoms with Crippen LogP contribution in [0.5, 0.6) is 0 Å². The van der Waals surface area contributed by atoms with E-state index in [1.165, 1.54) is 38.5 Å². The van der Waals surface area contributed by atoms with Crippen LogP contribution in [0.15, 0.2) is 21.6 Å². The van der Waals surface area contributed by atoms with E-state index >= 15 is 0 Å². The Morgan fingerprint density at radius 3 is 2.26 bits per heavy atom. The van der Waals surface area contributed by atoms with Gasteiger partial charge >= 0.3 is 140 Å². The summed E-state index contributed by atoms with van der Waals surface area (Å²) in [5.41, 5.74) is 0. The van der Waals surface area contributed by atoms with Crippen LogP contribution in [0.1, 0.15) is 64.7 Å². The first-order valence-electron chi connectivity index (χ1n) is 8.68. The Kier molecular flexibility index (Phi) is 18.1. The number of hydrogen-bond donors (Lipinski definition) is 1. The largest absolute Gasteiger partial charge is 1.00 e. The summed E-state index contributed by atoms with van der Waals surface area (Å²) in [4.78, 5) is 12.2. The van der Waals surface area contributed by atoms with Gasteiger partial charge in [0.2, 0.25) is 0 Å². The number of carbonyl (C=O) groups is 1. The Morgan fingerprint density at radius 1 is 1.13 bits per heavy atom. The van der Waals surface area contributed by atoms with E-state index in [1.807, 2.05) is 0 Å². The minimum atomic E-state index is -1.95. The number of carbonyl (C=O) groups excluding carboxylic acids is 1. The fourth-order valence-electron chi connectivity index (χ4n) is 2.70. The zero-order valence-corrected chi connectivity index (χ0v) is 21.1. The second-order valence-corrected chi connectivity index (χ2v) is 32.0. The number of allylic oxidation sites excluding steroid dienone is 4. The number of rotatable bonds is 11. The molecular weight excluding hydrogens is 512 g/mol. The van der Waals surface area contributed by atoms with Gasteiger partial charge in [0.1, 0.15) is 0 Å². The zero-order chi connectivity index (χ0) is 15.5. The van der Waals surface area contributed by atoms with E-state index in [1.54, 1.807) is 3.33 Å². The van der Waals surface area contributed by atoms with E-state index in [0.717, 1.165) is 19.3 Å². The molecule has 1 aliphatic rings. The van der Waals surface area contributed by atoms with E-state index in [9.17, 15) is 4.79 Å². The van der Waals surface area contributed by atoms with Gasteiger partial charge in [-0.15, -0.1) is 0 Å². The van der Waals surface area contributed by atoms with E-state index in [4.69, 9.17) is 0 Å². The summed E-state index contributed by atoms with van der Waals surface area (Å²) >= 11 is -1.95. The molecule has 0 aromatic rings. The Morgan fingerprint density at radius 2 is 1.74 bits per heavy atom. The molecule has 0 bridgehead atoms. The molecule has 0 saturated carbocycles. The van der Waals surface area contributed by atoms with Gasteiger partial charge in [-0.05, 0) is 0 Å². The molecule has 0 fully saturated rings. The van der Waals surface area contributed by atoms with Crippen molar-refractivity contribution in [3.8, 4) is 0 Å². The van der Waals surface area contributed by atoms with Crippen molar-refractivity contribution in [2.75, 3.05) is 0 Å². The van der Waals surface area contributed by atoms with E-state index in [0.29, 0.717) is 5.91 Å². The Labute approximate surface area is 164 Å². The molecular formula is C17H32Cl2HfNOSi. The molecule has 1 aliphatic carbocycles. The quantitative estimate of drug-likeness (QED) is 0.253. The third-order valence-electron chi connectivity index (χ3n) is 3.98. The summed E-state index contributed by atoms with van der Waals surface area (Å²) < 4.78 is 5.12. The fraction of sp³-hybridized carbons (Fsp3) is 0.706. The summed E-state index contributed by atoms with van der Waals surface area (Å²) in [5, 5.41) is 0. The second-order valence-electron chi connectivity index (χ2n) is 6.31. The summed E-state index contributed by atoms with van der Waals surface area (Å²) in [7, 11) is 0. The molecule has 133 valence electrons. The van der Waals surface area contributed by atoms with Gasteiger partial charge < -0.3 is 24.8 Å². The van der Waals surface area contributed by atoms with Crippen molar-refractivity contribution in [2.24, 2.45) is 0 Å². The maximum Gasteiger partial charge on any atom is -1.00 e. The van der Waals surface area contributed by atoms with Crippen LogP contribution in [0.4, 0.5) is 0 Å². The maximum atomic E-state index is 12.2.